The van der Waals surface area contributed by atoms with Crippen molar-refractivity contribution in [2.24, 2.45) is 0 Å². The molecule has 1 aliphatic heterocycles. The van der Waals surface area contributed by atoms with Crippen LogP contribution in [-0.4, -0.2) is 49.8 Å². The molecule has 3 rings (SSSR count). The monoisotopic (exact) mass is 428 g/mol. The van der Waals surface area contributed by atoms with Gasteiger partial charge in [0.05, 0.1) is 9.92 Å². The zero-order chi connectivity index (χ0) is 19.6. The van der Waals surface area contributed by atoms with E-state index in [1.807, 2.05) is 30.3 Å². The van der Waals surface area contributed by atoms with E-state index in [-0.39, 0.29) is 21.4 Å². The molecule has 0 atom stereocenters. The van der Waals surface area contributed by atoms with Crippen molar-refractivity contribution in [2.75, 3.05) is 19.3 Å². The van der Waals surface area contributed by atoms with E-state index < -0.39 is 21.8 Å². The van der Waals surface area contributed by atoms with Crippen LogP contribution in [0.2, 0.25) is 5.02 Å². The van der Waals surface area contributed by atoms with Crippen LogP contribution in [0.1, 0.15) is 21.7 Å². The Morgan fingerprint density at radius 2 is 1.85 bits per heavy atom. The van der Waals surface area contributed by atoms with Crippen LogP contribution in [0.15, 0.2) is 40.6 Å². The van der Waals surface area contributed by atoms with Gasteiger partial charge in [-0.2, -0.15) is 0 Å². The molecule has 0 aliphatic carbocycles. The zero-order valence-corrected chi connectivity index (χ0v) is 16.8. The van der Waals surface area contributed by atoms with Crippen LogP contribution in [0.4, 0.5) is 4.79 Å². The largest absolute Gasteiger partial charge is 0.443 e. The van der Waals surface area contributed by atoms with Gasteiger partial charge in [-0.25, -0.2) is 23.2 Å². The number of thiophene rings is 1. The van der Waals surface area contributed by atoms with Crippen molar-refractivity contribution in [3.8, 4) is 0 Å². The van der Waals surface area contributed by atoms with Crippen LogP contribution in [0.5, 0.6) is 0 Å². The third kappa shape index (κ3) is 4.26. The molecule has 144 valence electrons. The van der Waals surface area contributed by atoms with Crippen LogP contribution in [0, 0.1) is 0 Å². The van der Waals surface area contributed by atoms with Gasteiger partial charge in [-0.05, 0) is 12.0 Å². The number of hydrogen-bond donors (Lipinski definition) is 0. The zero-order valence-electron chi connectivity index (χ0n) is 14.4. The molecule has 0 bridgehead atoms. The first-order valence-corrected chi connectivity index (χ1v) is 11.2. The Kier molecular flexibility index (Phi) is 5.73. The molecule has 0 spiro atoms. The lowest BCUT2D eigenvalue weighted by atomic mass is 10.2. The molecular formula is C17H17ClN2O5S2. The van der Waals surface area contributed by atoms with Crippen molar-refractivity contribution in [3.05, 3.63) is 51.2 Å². The molecule has 1 fully saturated rings. The second-order valence-corrected chi connectivity index (χ2v) is 9.20. The summed E-state index contributed by atoms with van der Waals surface area (Å²) in [6, 6.07) is 9.21. The molecular weight excluding hydrogens is 412 g/mol. The molecule has 2 amide bonds. The number of halogens is 1. The molecule has 2 heterocycles. The van der Waals surface area contributed by atoms with Gasteiger partial charge in [-0.15, -0.1) is 11.3 Å². The van der Waals surface area contributed by atoms with Crippen molar-refractivity contribution in [3.63, 3.8) is 0 Å². The van der Waals surface area contributed by atoms with Gasteiger partial charge in [-0.1, -0.05) is 41.9 Å². The second-order valence-electron chi connectivity index (χ2n) is 5.96. The lowest BCUT2D eigenvalue weighted by molar-refractivity contribution is 0.0114. The van der Waals surface area contributed by atoms with E-state index in [1.165, 1.54) is 15.4 Å². The van der Waals surface area contributed by atoms with Crippen LogP contribution in [0.3, 0.4) is 0 Å². The molecule has 0 unspecified atom stereocenters. The van der Waals surface area contributed by atoms with E-state index in [2.05, 4.69) is 0 Å². The number of carbonyl (C=O) groups is 2. The van der Waals surface area contributed by atoms with Gasteiger partial charge in [0.25, 0.3) is 5.91 Å². The highest BCUT2D eigenvalue weighted by Crippen LogP contribution is 2.33. The lowest BCUT2D eigenvalue weighted by Gasteiger charge is -2.26. The van der Waals surface area contributed by atoms with Crippen molar-refractivity contribution in [1.29, 1.82) is 0 Å². The quantitative estimate of drug-likeness (QED) is 0.746. The third-order valence-electron chi connectivity index (χ3n) is 3.97. The highest BCUT2D eigenvalue weighted by Gasteiger charge is 2.35. The fourth-order valence-electron chi connectivity index (χ4n) is 2.65. The second kappa shape index (κ2) is 7.87. The van der Waals surface area contributed by atoms with Crippen LogP contribution >= 0.6 is 22.9 Å². The van der Waals surface area contributed by atoms with Crippen molar-refractivity contribution < 1.29 is 22.7 Å². The van der Waals surface area contributed by atoms with Gasteiger partial charge in [0, 0.05) is 24.7 Å². The average molecular weight is 429 g/mol. The van der Waals surface area contributed by atoms with Crippen molar-refractivity contribution >= 4 is 44.8 Å². The minimum atomic E-state index is -3.54. The standard InChI is InChI=1S/C17H17ClN2O5S2/c1-27(23,24)13-11-26-15(14(13)18)16(21)19-8-5-9-20(19)17(22)25-10-12-6-3-2-4-7-12/h2-4,6-7,11H,5,8-10H2,1H3. The number of hydrogen-bond acceptors (Lipinski definition) is 6. The Balaban J connectivity index is 1.73. The Morgan fingerprint density at radius 3 is 2.48 bits per heavy atom. The molecule has 27 heavy (non-hydrogen) atoms. The SMILES string of the molecule is CS(=O)(=O)c1csc(C(=O)N2CCCN2C(=O)OCc2ccccc2)c1Cl. The predicted molar refractivity (Wildman–Crippen MR) is 101 cm³/mol. The normalized spacial score (nSPS) is 14.4. The summed E-state index contributed by atoms with van der Waals surface area (Å²) in [5, 5.41) is 3.69. The van der Waals surface area contributed by atoms with Crippen LogP contribution in [-0.2, 0) is 21.2 Å². The van der Waals surface area contributed by atoms with E-state index in [1.54, 1.807) is 0 Å². The summed E-state index contributed by atoms with van der Waals surface area (Å²) in [4.78, 5) is 25.2. The maximum Gasteiger partial charge on any atom is 0.429 e. The number of sulfone groups is 1. The van der Waals surface area contributed by atoms with Crippen molar-refractivity contribution in [2.45, 2.75) is 17.9 Å². The van der Waals surface area contributed by atoms with Crippen LogP contribution in [0.25, 0.3) is 0 Å². The van der Waals surface area contributed by atoms with Gasteiger partial charge in [-0.3, -0.25) is 4.79 Å². The highest BCUT2D eigenvalue weighted by atomic mass is 35.5. The van der Waals surface area contributed by atoms with Crippen molar-refractivity contribution in [1.82, 2.24) is 10.0 Å². The molecule has 1 aromatic carbocycles. The first-order chi connectivity index (χ1) is 12.8. The van der Waals surface area contributed by atoms with E-state index >= 15 is 0 Å². The fraction of sp³-hybridized carbons (Fsp3) is 0.294. The summed E-state index contributed by atoms with van der Waals surface area (Å²) in [5.41, 5.74) is 0.835. The number of carbonyl (C=O) groups excluding carboxylic acids is 2. The highest BCUT2D eigenvalue weighted by molar-refractivity contribution is 7.91. The number of amides is 2. The van der Waals surface area contributed by atoms with Crippen LogP contribution < -0.4 is 0 Å². The molecule has 1 saturated heterocycles. The Bertz CT molecular complexity index is 959. The van der Waals surface area contributed by atoms with Gasteiger partial charge in [0.15, 0.2) is 9.84 Å². The third-order valence-corrected chi connectivity index (χ3v) is 6.83. The molecule has 1 aromatic heterocycles. The maximum absolute atomic E-state index is 12.8. The van der Waals surface area contributed by atoms with E-state index in [9.17, 15) is 18.0 Å². The maximum atomic E-state index is 12.8. The molecule has 2 aromatic rings. The molecule has 7 nitrogen and oxygen atoms in total. The molecule has 10 heteroatoms. The van der Waals surface area contributed by atoms with Gasteiger partial charge >= 0.3 is 6.09 Å². The number of hydrazine groups is 1. The number of rotatable bonds is 4. The minimum absolute atomic E-state index is 0.0832. The molecule has 1 aliphatic rings. The fourth-order valence-corrected chi connectivity index (χ4v) is 5.50. The Labute approximate surface area is 166 Å². The van der Waals surface area contributed by atoms with Gasteiger partial charge < -0.3 is 4.74 Å². The summed E-state index contributed by atoms with van der Waals surface area (Å²) >= 11 is 7.04. The summed E-state index contributed by atoms with van der Waals surface area (Å²) in [6.45, 7) is 0.749. The summed E-state index contributed by atoms with van der Waals surface area (Å²) in [5.74, 6) is -0.519. The lowest BCUT2D eigenvalue weighted by Crippen LogP contribution is -2.44. The number of nitrogens with zero attached hydrogens (tertiary/aromatic N) is 2. The van der Waals surface area contributed by atoms with Gasteiger partial charge in [0.1, 0.15) is 11.5 Å². The summed E-state index contributed by atoms with van der Waals surface area (Å²) in [6.07, 6.45) is 0.979. The summed E-state index contributed by atoms with van der Waals surface area (Å²) in [7, 11) is -3.54. The average Bonchev–Trinajstić information content (AvgIpc) is 3.26. The van der Waals surface area contributed by atoms with Gasteiger partial charge in [0.2, 0.25) is 0 Å². The summed E-state index contributed by atoms with van der Waals surface area (Å²) < 4.78 is 28.7. The predicted octanol–water partition coefficient (Wildman–Crippen LogP) is 3.20. The van der Waals surface area contributed by atoms with E-state index in [0.717, 1.165) is 23.2 Å². The first kappa shape index (κ1) is 19.7. The minimum Gasteiger partial charge on any atom is -0.443 e. The van der Waals surface area contributed by atoms with E-state index in [4.69, 9.17) is 16.3 Å². The molecule has 0 radical (unpaired) electrons. The smallest absolute Gasteiger partial charge is 0.429 e. The Morgan fingerprint density at radius 1 is 1.19 bits per heavy atom. The first-order valence-electron chi connectivity index (χ1n) is 8.06. The number of benzene rings is 1. The van der Waals surface area contributed by atoms with E-state index in [0.29, 0.717) is 19.5 Å². The Hall–Kier alpha value is -2.10. The molecule has 0 saturated carbocycles. The topological polar surface area (TPSA) is 84.0 Å². The molecule has 0 N–H and O–H groups in total. The number of ether oxygens (including phenoxy) is 1.